The van der Waals surface area contributed by atoms with Gasteiger partial charge in [-0.3, -0.25) is 4.79 Å². The van der Waals surface area contributed by atoms with Crippen LogP contribution in [0.1, 0.15) is 33.7 Å². The summed E-state index contributed by atoms with van der Waals surface area (Å²) in [5, 5.41) is 0. The number of hydrogen-bond donors (Lipinski definition) is 0. The van der Waals surface area contributed by atoms with Gasteiger partial charge in [0.1, 0.15) is 0 Å². The van der Waals surface area contributed by atoms with E-state index in [1.165, 1.54) is 17.0 Å². The van der Waals surface area contributed by atoms with E-state index in [1.807, 2.05) is 14.0 Å². The molecule has 1 aliphatic carbocycles. The van der Waals surface area contributed by atoms with Gasteiger partial charge in [-0.05, 0) is 25.8 Å². The predicted molar refractivity (Wildman–Crippen MR) is 47.5 cm³/mol. The van der Waals surface area contributed by atoms with Gasteiger partial charge < -0.3 is 4.57 Å². The van der Waals surface area contributed by atoms with Crippen molar-refractivity contribution < 1.29 is 4.79 Å². The predicted octanol–water partition coefficient (Wildman–Crippen LogP) is 1.77. The lowest BCUT2D eigenvalue weighted by atomic mass is 10.1. The van der Waals surface area contributed by atoms with E-state index in [0.29, 0.717) is 12.2 Å². The van der Waals surface area contributed by atoms with Gasteiger partial charge in [0.05, 0.1) is 0 Å². The third kappa shape index (κ3) is 0.724. The van der Waals surface area contributed by atoms with Crippen molar-refractivity contribution in [1.82, 2.24) is 4.57 Å². The minimum Gasteiger partial charge on any atom is -0.351 e. The highest BCUT2D eigenvalue weighted by Gasteiger charge is 2.26. The van der Waals surface area contributed by atoms with Crippen molar-refractivity contribution >= 4 is 5.78 Å². The molecule has 0 bridgehead atoms. The minimum atomic E-state index is 0.325. The van der Waals surface area contributed by atoms with E-state index in [2.05, 4.69) is 11.5 Å². The smallest absolute Gasteiger partial charge is 0.165 e. The zero-order chi connectivity index (χ0) is 8.88. The summed E-state index contributed by atoms with van der Waals surface area (Å²) in [6.07, 6.45) is 1.64. The Hall–Kier alpha value is -1.05. The highest BCUT2D eigenvalue weighted by atomic mass is 16.1. The molecule has 0 radical (unpaired) electrons. The normalized spacial score (nSPS) is 15.4. The lowest BCUT2D eigenvalue weighted by Gasteiger charge is -2.00. The molecule has 0 unspecified atom stereocenters. The van der Waals surface area contributed by atoms with Crippen molar-refractivity contribution in [3.05, 3.63) is 22.5 Å². The first-order chi connectivity index (χ1) is 5.63. The van der Waals surface area contributed by atoms with Crippen LogP contribution < -0.4 is 0 Å². The van der Waals surface area contributed by atoms with Crippen LogP contribution in [0, 0.1) is 13.8 Å². The third-order valence-corrected chi connectivity index (χ3v) is 2.98. The molecule has 2 heteroatoms. The van der Waals surface area contributed by atoms with Crippen molar-refractivity contribution in [1.29, 1.82) is 0 Å². The highest BCUT2D eigenvalue weighted by molar-refractivity contribution is 6.01. The molecule has 1 aliphatic rings. The largest absolute Gasteiger partial charge is 0.351 e. The van der Waals surface area contributed by atoms with Crippen LogP contribution in [0.3, 0.4) is 0 Å². The number of nitrogens with zero attached hydrogens (tertiary/aromatic N) is 1. The van der Waals surface area contributed by atoms with Gasteiger partial charge in [-0.2, -0.15) is 0 Å². The summed E-state index contributed by atoms with van der Waals surface area (Å²) in [4.78, 5) is 11.4. The van der Waals surface area contributed by atoms with Gasteiger partial charge in [0.2, 0.25) is 0 Å². The molecule has 1 heterocycles. The second-order valence-electron chi connectivity index (χ2n) is 3.51. The maximum atomic E-state index is 11.4. The summed E-state index contributed by atoms with van der Waals surface area (Å²) in [5.41, 5.74) is 4.63. The third-order valence-electron chi connectivity index (χ3n) is 2.98. The fourth-order valence-electron chi connectivity index (χ4n) is 2.04. The Morgan fingerprint density at radius 3 is 2.50 bits per heavy atom. The number of aromatic nitrogens is 1. The Bertz CT molecular complexity index is 360. The highest BCUT2D eigenvalue weighted by Crippen LogP contribution is 2.28. The van der Waals surface area contributed by atoms with Crippen molar-refractivity contribution in [2.75, 3.05) is 0 Å². The number of rotatable bonds is 0. The Morgan fingerprint density at radius 1 is 1.25 bits per heavy atom. The van der Waals surface area contributed by atoms with Crippen molar-refractivity contribution in [3.63, 3.8) is 0 Å². The van der Waals surface area contributed by atoms with Crippen molar-refractivity contribution in [2.24, 2.45) is 7.05 Å². The molecule has 2 rings (SSSR count). The van der Waals surface area contributed by atoms with Crippen LogP contribution in [0.2, 0.25) is 0 Å². The molecule has 2 nitrogen and oxygen atoms in total. The molecule has 0 amide bonds. The zero-order valence-electron chi connectivity index (χ0n) is 7.77. The quantitative estimate of drug-likeness (QED) is 0.571. The second-order valence-corrected chi connectivity index (χ2v) is 3.51. The van der Waals surface area contributed by atoms with E-state index in [4.69, 9.17) is 0 Å². The Morgan fingerprint density at radius 2 is 1.92 bits per heavy atom. The van der Waals surface area contributed by atoms with Crippen LogP contribution in [-0.4, -0.2) is 10.4 Å². The standard InChI is InChI=1S/C10H13NO/c1-6-7(2)11(3)8-4-5-9(12)10(6)8/h4-5H2,1-3H3. The molecule has 1 aromatic rings. The van der Waals surface area contributed by atoms with Crippen LogP contribution >= 0.6 is 0 Å². The van der Waals surface area contributed by atoms with E-state index in [0.717, 1.165) is 12.0 Å². The van der Waals surface area contributed by atoms with Crippen LogP contribution in [-0.2, 0) is 13.5 Å². The monoisotopic (exact) mass is 163 g/mol. The molecule has 0 saturated heterocycles. The molecule has 1 aromatic heterocycles. The molecular formula is C10H13NO. The summed E-state index contributed by atoms with van der Waals surface area (Å²) in [7, 11) is 2.04. The molecule has 0 fully saturated rings. The van der Waals surface area contributed by atoms with Gasteiger partial charge in [-0.15, -0.1) is 0 Å². The van der Waals surface area contributed by atoms with Gasteiger partial charge >= 0.3 is 0 Å². The van der Waals surface area contributed by atoms with Crippen LogP contribution in [0.5, 0.6) is 0 Å². The van der Waals surface area contributed by atoms with Gasteiger partial charge in [0.25, 0.3) is 0 Å². The maximum Gasteiger partial charge on any atom is 0.165 e. The minimum absolute atomic E-state index is 0.325. The first-order valence-electron chi connectivity index (χ1n) is 4.31. The zero-order valence-corrected chi connectivity index (χ0v) is 7.77. The average Bonchev–Trinajstić information content (AvgIpc) is 2.51. The topological polar surface area (TPSA) is 22.0 Å². The molecule has 64 valence electrons. The van der Waals surface area contributed by atoms with Crippen LogP contribution in [0.15, 0.2) is 0 Å². The van der Waals surface area contributed by atoms with Crippen molar-refractivity contribution in [3.8, 4) is 0 Å². The summed E-state index contributed by atoms with van der Waals surface area (Å²) in [5.74, 6) is 0.325. The van der Waals surface area contributed by atoms with Gasteiger partial charge in [0.15, 0.2) is 5.78 Å². The molecule has 0 aromatic carbocycles. The number of ketones is 1. The summed E-state index contributed by atoms with van der Waals surface area (Å²) in [6, 6.07) is 0. The number of fused-ring (bicyclic) bond motifs is 1. The fraction of sp³-hybridized carbons (Fsp3) is 0.500. The van der Waals surface area contributed by atoms with Crippen molar-refractivity contribution in [2.45, 2.75) is 26.7 Å². The second kappa shape index (κ2) is 2.22. The fourth-order valence-corrected chi connectivity index (χ4v) is 2.04. The van der Waals surface area contributed by atoms with Gasteiger partial charge in [-0.25, -0.2) is 0 Å². The molecular weight excluding hydrogens is 150 g/mol. The molecule has 0 saturated carbocycles. The maximum absolute atomic E-state index is 11.4. The molecule has 0 aliphatic heterocycles. The number of carbonyl (C=O) groups is 1. The number of hydrogen-bond acceptors (Lipinski definition) is 1. The molecule has 12 heavy (non-hydrogen) atoms. The first-order valence-corrected chi connectivity index (χ1v) is 4.31. The summed E-state index contributed by atoms with van der Waals surface area (Å²) in [6.45, 7) is 4.11. The molecule has 0 N–H and O–H groups in total. The Kier molecular flexibility index (Phi) is 1.40. The van der Waals surface area contributed by atoms with E-state index in [1.54, 1.807) is 0 Å². The lowest BCUT2D eigenvalue weighted by Crippen LogP contribution is -1.96. The summed E-state index contributed by atoms with van der Waals surface area (Å²) >= 11 is 0. The molecule has 0 spiro atoms. The Balaban J connectivity index is 2.75. The van der Waals surface area contributed by atoms with E-state index in [9.17, 15) is 4.79 Å². The van der Waals surface area contributed by atoms with Crippen LogP contribution in [0.25, 0.3) is 0 Å². The average molecular weight is 163 g/mol. The van der Waals surface area contributed by atoms with Gasteiger partial charge in [-0.1, -0.05) is 0 Å². The number of Topliss-reactive ketones (excluding diaryl/α,β-unsaturated/α-hetero) is 1. The Labute approximate surface area is 72.2 Å². The first kappa shape index (κ1) is 7.59. The van der Waals surface area contributed by atoms with E-state index < -0.39 is 0 Å². The molecule has 0 atom stereocenters. The van der Waals surface area contributed by atoms with E-state index in [-0.39, 0.29) is 0 Å². The number of carbonyl (C=O) groups excluding carboxylic acids is 1. The summed E-state index contributed by atoms with van der Waals surface area (Å²) < 4.78 is 2.15. The van der Waals surface area contributed by atoms with E-state index >= 15 is 0 Å². The van der Waals surface area contributed by atoms with Gasteiger partial charge in [0, 0.05) is 30.4 Å². The lowest BCUT2D eigenvalue weighted by molar-refractivity contribution is 0.0994. The SMILES string of the molecule is Cc1c2c(n(C)c1C)CCC2=O. The van der Waals surface area contributed by atoms with Crippen LogP contribution in [0.4, 0.5) is 0 Å².